The molecule has 172 valence electrons. The minimum atomic E-state index is -0.159. The Morgan fingerprint density at radius 1 is 1.03 bits per heavy atom. The second-order valence-corrected chi connectivity index (χ2v) is 9.12. The van der Waals surface area contributed by atoms with E-state index in [4.69, 9.17) is 27.9 Å². The maximum atomic E-state index is 11.7. The molecule has 2 aromatic carbocycles. The van der Waals surface area contributed by atoms with Crippen LogP contribution in [0.3, 0.4) is 0 Å². The monoisotopic (exact) mass is 476 g/mol. The number of fused-ring (bicyclic) bond motifs is 1. The van der Waals surface area contributed by atoms with Gasteiger partial charge in [0.05, 0.1) is 22.3 Å². The van der Waals surface area contributed by atoms with Gasteiger partial charge in [0.15, 0.2) is 0 Å². The van der Waals surface area contributed by atoms with Gasteiger partial charge in [-0.25, -0.2) is 4.79 Å². The minimum Gasteiger partial charge on any atom is -0.494 e. The number of unbranched alkanes of at least 4 members (excludes halogenated alkanes) is 1. The normalized spacial score (nSPS) is 16.7. The summed E-state index contributed by atoms with van der Waals surface area (Å²) in [5.41, 5.74) is 4.01. The van der Waals surface area contributed by atoms with E-state index < -0.39 is 0 Å². The van der Waals surface area contributed by atoms with E-state index in [0.717, 1.165) is 80.2 Å². The van der Waals surface area contributed by atoms with Crippen LogP contribution in [0, 0.1) is 6.92 Å². The molecule has 2 aromatic rings. The number of anilines is 2. The largest absolute Gasteiger partial charge is 0.494 e. The number of nitrogens with one attached hydrogen (secondary N) is 2. The third-order valence-electron chi connectivity index (χ3n) is 6.11. The number of aryl methyl sites for hydroxylation is 1. The van der Waals surface area contributed by atoms with E-state index >= 15 is 0 Å². The Hall–Kier alpha value is -2.15. The molecule has 0 radical (unpaired) electrons. The average Bonchev–Trinajstić information content (AvgIpc) is 2.98. The van der Waals surface area contributed by atoms with E-state index in [0.29, 0.717) is 23.2 Å². The van der Waals surface area contributed by atoms with Crippen LogP contribution in [0.2, 0.25) is 10.0 Å². The lowest BCUT2D eigenvalue weighted by molar-refractivity contribution is 0.238. The van der Waals surface area contributed by atoms with Crippen LogP contribution in [0.4, 0.5) is 16.2 Å². The Morgan fingerprint density at radius 2 is 1.84 bits per heavy atom. The number of carbonyl (C=O) groups excluding carboxylic acids is 1. The summed E-state index contributed by atoms with van der Waals surface area (Å²) in [7, 11) is 0. The second kappa shape index (κ2) is 10.6. The zero-order valence-electron chi connectivity index (χ0n) is 18.4. The number of hydrogen-bond acceptors (Lipinski definition) is 4. The van der Waals surface area contributed by atoms with Crippen molar-refractivity contribution in [2.75, 3.05) is 56.1 Å². The van der Waals surface area contributed by atoms with E-state index in [1.54, 1.807) is 0 Å². The average molecular weight is 477 g/mol. The maximum Gasteiger partial charge on any atom is 0.319 e. The lowest BCUT2D eigenvalue weighted by Gasteiger charge is -2.36. The quantitative estimate of drug-likeness (QED) is 0.554. The Labute approximate surface area is 199 Å². The number of amides is 2. The molecule has 1 saturated heterocycles. The molecule has 0 saturated carbocycles. The van der Waals surface area contributed by atoms with Gasteiger partial charge < -0.3 is 20.3 Å². The van der Waals surface area contributed by atoms with Crippen molar-refractivity contribution in [3.8, 4) is 5.75 Å². The summed E-state index contributed by atoms with van der Waals surface area (Å²) in [6, 6.07) is 9.88. The number of halogens is 2. The molecule has 1 fully saturated rings. The van der Waals surface area contributed by atoms with Crippen molar-refractivity contribution in [3.63, 3.8) is 0 Å². The topological polar surface area (TPSA) is 56.8 Å². The summed E-state index contributed by atoms with van der Waals surface area (Å²) in [6.07, 6.45) is 2.90. The van der Waals surface area contributed by atoms with Crippen LogP contribution in [0.25, 0.3) is 0 Å². The first-order valence-corrected chi connectivity index (χ1v) is 12.0. The third-order valence-corrected chi connectivity index (χ3v) is 7.08. The molecule has 2 aliphatic heterocycles. The zero-order chi connectivity index (χ0) is 22.5. The standard InChI is InChI=1S/C24H30Cl2N4O2/c1-17-4-7-21(23(26)22(17)25)30-13-11-29(12-14-30)10-2-3-15-32-19-6-5-18-8-9-27-24(31)28-20(18)16-19/h4-7,16H,2-3,8-15H2,1H3,(H2,27,28,31). The van der Waals surface area contributed by atoms with E-state index in [-0.39, 0.29) is 6.03 Å². The summed E-state index contributed by atoms with van der Waals surface area (Å²) in [5.74, 6) is 0.799. The summed E-state index contributed by atoms with van der Waals surface area (Å²) >= 11 is 12.8. The first-order valence-electron chi connectivity index (χ1n) is 11.2. The molecular formula is C24H30Cl2N4O2. The van der Waals surface area contributed by atoms with Crippen molar-refractivity contribution >= 4 is 40.6 Å². The van der Waals surface area contributed by atoms with E-state index in [9.17, 15) is 4.79 Å². The van der Waals surface area contributed by atoms with Gasteiger partial charge in [0.25, 0.3) is 0 Å². The van der Waals surface area contributed by atoms with Gasteiger partial charge in [0, 0.05) is 44.5 Å². The van der Waals surface area contributed by atoms with Gasteiger partial charge >= 0.3 is 6.03 Å². The van der Waals surface area contributed by atoms with Crippen molar-refractivity contribution in [1.29, 1.82) is 0 Å². The fourth-order valence-electron chi connectivity index (χ4n) is 4.18. The van der Waals surface area contributed by atoms with Crippen LogP contribution >= 0.6 is 23.2 Å². The fourth-order valence-corrected chi connectivity index (χ4v) is 4.67. The summed E-state index contributed by atoms with van der Waals surface area (Å²) in [4.78, 5) is 16.5. The van der Waals surface area contributed by atoms with Gasteiger partial charge in [-0.2, -0.15) is 0 Å². The maximum absolute atomic E-state index is 11.7. The molecule has 32 heavy (non-hydrogen) atoms. The molecule has 0 atom stereocenters. The second-order valence-electron chi connectivity index (χ2n) is 8.36. The zero-order valence-corrected chi connectivity index (χ0v) is 19.9. The van der Waals surface area contributed by atoms with Gasteiger partial charge in [-0.15, -0.1) is 0 Å². The molecule has 2 amide bonds. The molecule has 2 aliphatic rings. The number of benzene rings is 2. The number of hydrogen-bond donors (Lipinski definition) is 2. The summed E-state index contributed by atoms with van der Waals surface area (Å²) < 4.78 is 5.92. The van der Waals surface area contributed by atoms with Crippen molar-refractivity contribution in [1.82, 2.24) is 10.2 Å². The van der Waals surface area contributed by atoms with Gasteiger partial charge in [0.2, 0.25) is 0 Å². The summed E-state index contributed by atoms with van der Waals surface area (Å²) in [5, 5.41) is 7.00. The molecule has 6 nitrogen and oxygen atoms in total. The molecule has 0 aliphatic carbocycles. The van der Waals surface area contributed by atoms with Crippen molar-refractivity contribution < 1.29 is 9.53 Å². The van der Waals surface area contributed by atoms with Gasteiger partial charge in [-0.1, -0.05) is 35.3 Å². The number of rotatable bonds is 7. The molecule has 0 aromatic heterocycles. The third kappa shape index (κ3) is 5.61. The van der Waals surface area contributed by atoms with Crippen molar-refractivity contribution in [3.05, 3.63) is 51.5 Å². The minimum absolute atomic E-state index is 0.159. The van der Waals surface area contributed by atoms with Gasteiger partial charge in [-0.05, 0) is 56.0 Å². The molecule has 4 rings (SSSR count). The fraction of sp³-hybridized carbons (Fsp3) is 0.458. The van der Waals surface area contributed by atoms with Gasteiger partial charge in [0.1, 0.15) is 5.75 Å². The smallest absolute Gasteiger partial charge is 0.319 e. The van der Waals surface area contributed by atoms with E-state index in [1.807, 2.05) is 31.2 Å². The molecule has 0 bridgehead atoms. The predicted octanol–water partition coefficient (Wildman–Crippen LogP) is 4.96. The predicted molar refractivity (Wildman–Crippen MR) is 132 cm³/mol. The van der Waals surface area contributed by atoms with Crippen LogP contribution in [0.1, 0.15) is 24.0 Å². The molecular weight excluding hydrogens is 447 g/mol. The highest BCUT2D eigenvalue weighted by Gasteiger charge is 2.20. The van der Waals surface area contributed by atoms with Gasteiger partial charge in [-0.3, -0.25) is 4.90 Å². The molecule has 0 spiro atoms. The molecule has 8 heteroatoms. The number of nitrogens with zero attached hydrogens (tertiary/aromatic N) is 2. The Kier molecular flexibility index (Phi) is 7.66. The number of carbonyl (C=O) groups is 1. The van der Waals surface area contributed by atoms with Crippen LogP contribution in [-0.2, 0) is 6.42 Å². The van der Waals surface area contributed by atoms with E-state index in [1.165, 1.54) is 0 Å². The lowest BCUT2D eigenvalue weighted by Crippen LogP contribution is -2.46. The first kappa shape index (κ1) is 23.0. The summed E-state index contributed by atoms with van der Waals surface area (Å²) in [6.45, 7) is 8.29. The SMILES string of the molecule is Cc1ccc(N2CCN(CCCCOc3ccc4c(c3)NC(=O)NCC4)CC2)c(Cl)c1Cl. The molecule has 0 unspecified atom stereocenters. The number of piperazine rings is 1. The van der Waals surface area contributed by atoms with Crippen LogP contribution in [0.5, 0.6) is 5.75 Å². The number of urea groups is 1. The van der Waals surface area contributed by atoms with Crippen LogP contribution in [-0.4, -0.2) is 56.8 Å². The molecule has 2 heterocycles. The van der Waals surface area contributed by atoms with Crippen molar-refractivity contribution in [2.45, 2.75) is 26.2 Å². The lowest BCUT2D eigenvalue weighted by atomic mass is 10.1. The number of ether oxygens (including phenoxy) is 1. The van der Waals surface area contributed by atoms with E-state index in [2.05, 4.69) is 26.5 Å². The Morgan fingerprint density at radius 3 is 2.66 bits per heavy atom. The highest BCUT2D eigenvalue weighted by Crippen LogP contribution is 2.35. The first-order chi connectivity index (χ1) is 15.5. The highest BCUT2D eigenvalue weighted by atomic mass is 35.5. The van der Waals surface area contributed by atoms with Crippen LogP contribution < -0.4 is 20.3 Å². The highest BCUT2D eigenvalue weighted by molar-refractivity contribution is 6.44. The molecule has 2 N–H and O–H groups in total. The van der Waals surface area contributed by atoms with Crippen molar-refractivity contribution in [2.24, 2.45) is 0 Å². The van der Waals surface area contributed by atoms with Crippen LogP contribution in [0.15, 0.2) is 30.3 Å². The Balaban J connectivity index is 1.17. The Bertz CT molecular complexity index is 961.